The smallest absolute Gasteiger partial charge is 0.224 e. The maximum absolute atomic E-state index is 12.5. The molecule has 0 saturated carbocycles. The van der Waals surface area contributed by atoms with Crippen molar-refractivity contribution in [3.63, 3.8) is 0 Å². The lowest BCUT2D eigenvalue weighted by atomic mass is 9.89. The van der Waals surface area contributed by atoms with Gasteiger partial charge in [-0.2, -0.15) is 0 Å². The fraction of sp³-hybridized carbons (Fsp3) is 0.667. The number of amides is 1. The van der Waals surface area contributed by atoms with Gasteiger partial charge in [0.1, 0.15) is 0 Å². The number of ether oxygens (including phenoxy) is 2. The first-order valence-electron chi connectivity index (χ1n) is 10.1. The zero-order valence-corrected chi connectivity index (χ0v) is 17.3. The normalized spacial score (nSPS) is 23.4. The highest BCUT2D eigenvalue weighted by atomic mass is 35.5. The highest BCUT2D eigenvalue weighted by Crippen LogP contribution is 2.34. The van der Waals surface area contributed by atoms with Crippen LogP contribution in [0.15, 0.2) is 18.2 Å². The monoisotopic (exact) mass is 396 g/mol. The topological polar surface area (TPSA) is 59.6 Å². The van der Waals surface area contributed by atoms with Gasteiger partial charge in [0.2, 0.25) is 5.91 Å². The molecule has 0 aromatic heterocycles. The summed E-state index contributed by atoms with van der Waals surface area (Å²) in [5.74, 6) is 2.04. The van der Waals surface area contributed by atoms with Crippen molar-refractivity contribution in [1.82, 2.24) is 5.32 Å². The number of anilines is 1. The quantitative estimate of drug-likeness (QED) is 0.643. The summed E-state index contributed by atoms with van der Waals surface area (Å²) in [5.41, 5.74) is 0.779. The molecule has 0 spiro atoms. The van der Waals surface area contributed by atoms with Crippen LogP contribution in [0.25, 0.3) is 0 Å². The average molecular weight is 397 g/mol. The largest absolute Gasteiger partial charge is 0.490 e. The van der Waals surface area contributed by atoms with Gasteiger partial charge in [0.05, 0.1) is 13.2 Å². The molecular formula is C21H33ClN2O3. The summed E-state index contributed by atoms with van der Waals surface area (Å²) in [7, 11) is 0. The van der Waals surface area contributed by atoms with Crippen LogP contribution in [0.3, 0.4) is 0 Å². The first-order chi connectivity index (χ1) is 12.7. The molecule has 3 rings (SSSR count). The van der Waals surface area contributed by atoms with E-state index in [1.165, 1.54) is 12.8 Å². The first-order valence-corrected chi connectivity index (χ1v) is 10.1. The van der Waals surface area contributed by atoms with Crippen LogP contribution < -0.4 is 20.1 Å². The van der Waals surface area contributed by atoms with Crippen molar-refractivity contribution in [3.05, 3.63) is 18.2 Å². The Morgan fingerprint density at radius 1 is 1.07 bits per heavy atom. The average Bonchev–Trinajstić information content (AvgIpc) is 2.97. The maximum Gasteiger partial charge on any atom is 0.224 e. The van der Waals surface area contributed by atoms with E-state index in [0.29, 0.717) is 43.4 Å². The lowest BCUT2D eigenvalue weighted by molar-refractivity contribution is -0.117. The second-order valence-corrected chi connectivity index (χ2v) is 7.59. The zero-order chi connectivity index (χ0) is 18.4. The van der Waals surface area contributed by atoms with Crippen LogP contribution in [-0.4, -0.2) is 31.2 Å². The van der Waals surface area contributed by atoms with E-state index in [-0.39, 0.29) is 18.3 Å². The second kappa shape index (κ2) is 10.8. The van der Waals surface area contributed by atoms with Gasteiger partial charge in [0.15, 0.2) is 11.5 Å². The van der Waals surface area contributed by atoms with Gasteiger partial charge >= 0.3 is 0 Å². The number of carbonyl (C=O) groups is 1. The standard InChI is InChI=1S/C21H32N2O3.ClH/c1-3-9-25-19-8-7-18(14-20(19)26-10-4-2)23-21(24)13-15-11-16-5-6-17(12-15)22-16;/h7-8,14-17,22H,3-6,9-13H2,1-2H3,(H,23,24);1H. The summed E-state index contributed by atoms with van der Waals surface area (Å²) in [6.07, 6.45) is 7.26. The summed E-state index contributed by atoms with van der Waals surface area (Å²) in [6, 6.07) is 6.91. The number of carbonyl (C=O) groups excluding carboxylic acids is 1. The SMILES string of the molecule is CCCOc1ccc(NC(=O)CC2CC3CCC(C2)N3)cc1OCCC.Cl. The summed E-state index contributed by atoms with van der Waals surface area (Å²) in [6.45, 7) is 5.45. The molecule has 0 aliphatic carbocycles. The number of piperidine rings is 1. The Hall–Kier alpha value is -1.46. The van der Waals surface area contributed by atoms with Crippen molar-refractivity contribution >= 4 is 24.0 Å². The van der Waals surface area contributed by atoms with E-state index in [1.54, 1.807) is 0 Å². The lowest BCUT2D eigenvalue weighted by Crippen LogP contribution is -2.39. The highest BCUT2D eigenvalue weighted by molar-refractivity contribution is 5.91. The predicted octanol–water partition coefficient (Wildman–Crippen LogP) is 4.55. The minimum atomic E-state index is 0. The Labute approximate surface area is 169 Å². The van der Waals surface area contributed by atoms with E-state index in [0.717, 1.165) is 37.1 Å². The molecular weight excluding hydrogens is 364 g/mol. The third-order valence-corrected chi connectivity index (χ3v) is 5.20. The van der Waals surface area contributed by atoms with E-state index >= 15 is 0 Å². The Morgan fingerprint density at radius 2 is 1.70 bits per heavy atom. The van der Waals surface area contributed by atoms with Crippen LogP contribution in [0.2, 0.25) is 0 Å². The Morgan fingerprint density at radius 3 is 2.33 bits per heavy atom. The van der Waals surface area contributed by atoms with Gasteiger partial charge < -0.3 is 20.1 Å². The fourth-order valence-corrected chi connectivity index (χ4v) is 4.06. The molecule has 5 nitrogen and oxygen atoms in total. The minimum Gasteiger partial charge on any atom is -0.490 e. The van der Waals surface area contributed by atoms with Gasteiger partial charge in [-0.05, 0) is 56.6 Å². The van der Waals surface area contributed by atoms with E-state index in [4.69, 9.17) is 9.47 Å². The Balaban J connectivity index is 0.00000261. The molecule has 1 aromatic rings. The Kier molecular flexibility index (Phi) is 8.71. The molecule has 152 valence electrons. The fourth-order valence-electron chi connectivity index (χ4n) is 4.06. The van der Waals surface area contributed by atoms with E-state index in [9.17, 15) is 4.79 Å². The zero-order valence-electron chi connectivity index (χ0n) is 16.5. The maximum atomic E-state index is 12.5. The molecule has 2 atom stereocenters. The molecule has 2 heterocycles. The molecule has 2 aliphatic heterocycles. The van der Waals surface area contributed by atoms with Gasteiger partial charge in [0.25, 0.3) is 0 Å². The van der Waals surface area contributed by atoms with Crippen LogP contribution in [0.5, 0.6) is 11.5 Å². The number of benzene rings is 1. The second-order valence-electron chi connectivity index (χ2n) is 7.59. The van der Waals surface area contributed by atoms with Crippen molar-refractivity contribution in [3.8, 4) is 11.5 Å². The van der Waals surface area contributed by atoms with Crippen LogP contribution in [0.1, 0.15) is 58.8 Å². The molecule has 2 fully saturated rings. The van der Waals surface area contributed by atoms with Gasteiger partial charge in [0, 0.05) is 30.3 Å². The molecule has 2 unspecified atom stereocenters. The van der Waals surface area contributed by atoms with Crippen LogP contribution in [-0.2, 0) is 4.79 Å². The number of hydrogen-bond acceptors (Lipinski definition) is 4. The molecule has 2 bridgehead atoms. The van der Waals surface area contributed by atoms with E-state index in [2.05, 4.69) is 24.5 Å². The first kappa shape index (κ1) is 21.8. The minimum absolute atomic E-state index is 0. The van der Waals surface area contributed by atoms with Crippen molar-refractivity contribution in [2.24, 2.45) is 5.92 Å². The summed E-state index contributed by atoms with van der Waals surface area (Å²) in [5, 5.41) is 6.68. The number of fused-ring (bicyclic) bond motifs is 2. The summed E-state index contributed by atoms with van der Waals surface area (Å²) < 4.78 is 11.6. The van der Waals surface area contributed by atoms with Gasteiger partial charge in [-0.1, -0.05) is 13.8 Å². The van der Waals surface area contributed by atoms with Crippen molar-refractivity contribution in [2.45, 2.75) is 70.9 Å². The van der Waals surface area contributed by atoms with Crippen LogP contribution in [0.4, 0.5) is 5.69 Å². The molecule has 6 heteroatoms. The molecule has 2 saturated heterocycles. The van der Waals surface area contributed by atoms with Crippen LogP contribution in [0, 0.1) is 5.92 Å². The van der Waals surface area contributed by atoms with Gasteiger partial charge in [-0.25, -0.2) is 0 Å². The van der Waals surface area contributed by atoms with E-state index < -0.39 is 0 Å². The molecule has 2 N–H and O–H groups in total. The van der Waals surface area contributed by atoms with E-state index in [1.807, 2.05) is 18.2 Å². The third kappa shape index (κ3) is 6.28. The highest BCUT2D eigenvalue weighted by Gasteiger charge is 2.34. The summed E-state index contributed by atoms with van der Waals surface area (Å²) >= 11 is 0. The molecule has 1 aromatic carbocycles. The lowest BCUT2D eigenvalue weighted by Gasteiger charge is -2.28. The Bertz CT molecular complexity index is 599. The van der Waals surface area contributed by atoms with Crippen LogP contribution >= 0.6 is 12.4 Å². The number of rotatable bonds is 9. The molecule has 1 amide bonds. The number of hydrogen-bond donors (Lipinski definition) is 2. The molecule has 27 heavy (non-hydrogen) atoms. The van der Waals surface area contributed by atoms with Gasteiger partial charge in [-0.15, -0.1) is 12.4 Å². The van der Waals surface area contributed by atoms with Crippen molar-refractivity contribution in [2.75, 3.05) is 18.5 Å². The van der Waals surface area contributed by atoms with Gasteiger partial charge in [-0.3, -0.25) is 4.79 Å². The van der Waals surface area contributed by atoms with Crippen molar-refractivity contribution < 1.29 is 14.3 Å². The summed E-state index contributed by atoms with van der Waals surface area (Å²) in [4.78, 5) is 12.5. The third-order valence-electron chi connectivity index (χ3n) is 5.20. The number of nitrogens with one attached hydrogen (secondary N) is 2. The molecule has 2 aliphatic rings. The predicted molar refractivity (Wildman–Crippen MR) is 111 cm³/mol. The van der Waals surface area contributed by atoms with Crippen molar-refractivity contribution in [1.29, 1.82) is 0 Å². The molecule has 0 radical (unpaired) electrons. The number of halogens is 1.